The number of aliphatic hydroxyl groups excluding tert-OH is 2. The summed E-state index contributed by atoms with van der Waals surface area (Å²) in [6.07, 6.45) is -26.5. The summed E-state index contributed by atoms with van der Waals surface area (Å²) in [4.78, 5) is 0. The van der Waals surface area contributed by atoms with Crippen LogP contribution in [0.4, 0.5) is 0 Å². The standard InChI is InChI=1S/C80H82O21.CH4.B.H2/c81-61-66(83-41-49-25-9-1-10-26-49)62-58(46-88-74(95-62)53-33-17-5-18-34-53)92-78(61)100-71-68(85-43-51-29-13-3-14-30-51)64-60(48-90-76(97-64)55-37-21-7-22-38-55)94-80(71)101-72-69(86-44-52-31-15-4-16-32-52)65-59(47-89-77(98-65)56-39-23-8-24-40-56)93-79(72)99-70-67(84-42-50-27-11-2-12-28-50)63-57(91-73(70)82)45-87-75(96-63)54-35-19-6-20-36-54;;;/h1-40,57-82H,41-48H2;1H4;;1H/t57?,58?,59?,60?,61?,62-,63-,64-,65-,66+,67-,68-,69-,70?,71?,72?,73?,74?,75?,76?,77?,78+,79+,80+;;;/m1.../s1/i;;;1+1. The summed E-state index contributed by atoms with van der Waals surface area (Å²) < 4.78 is 132. The molecule has 21 nitrogen and oxygen atoms in total. The molecule has 8 saturated heterocycles. The molecule has 0 aromatic heterocycles. The first-order valence-electron chi connectivity index (χ1n) is 34.7. The van der Waals surface area contributed by atoms with Gasteiger partial charge in [0.05, 0.1) is 52.9 Å². The Balaban J connectivity index is 0.00000320. The van der Waals surface area contributed by atoms with Crippen molar-refractivity contribution < 1.29 is 102 Å². The molecular weight excluding hydrogens is 1320 g/mol. The summed E-state index contributed by atoms with van der Waals surface area (Å²) in [6, 6.07) is 77.2. The molecule has 8 aromatic carbocycles. The molecule has 541 valence electrons. The van der Waals surface area contributed by atoms with E-state index >= 15 is 0 Å². The van der Waals surface area contributed by atoms with E-state index in [2.05, 4.69) is 0 Å². The van der Waals surface area contributed by atoms with Crippen molar-refractivity contribution in [3.63, 3.8) is 0 Å². The highest BCUT2D eigenvalue weighted by Crippen LogP contribution is 2.46. The fourth-order valence-electron chi connectivity index (χ4n) is 14.4. The quantitative estimate of drug-likeness (QED) is 0.0603. The van der Waals surface area contributed by atoms with Crippen molar-refractivity contribution in [1.29, 1.82) is 0 Å². The molecule has 13 unspecified atom stereocenters. The molecular formula is C81H88BO21. The van der Waals surface area contributed by atoms with Gasteiger partial charge in [0.25, 0.3) is 0 Å². The second-order valence-corrected chi connectivity index (χ2v) is 26.2. The molecule has 0 spiro atoms. The highest BCUT2D eigenvalue weighted by molar-refractivity contribution is 5.75. The molecule has 8 aliphatic rings. The van der Waals surface area contributed by atoms with Crippen LogP contribution < -0.4 is 0 Å². The van der Waals surface area contributed by atoms with Gasteiger partial charge < -0.3 is 100 Å². The lowest BCUT2D eigenvalue weighted by Crippen LogP contribution is -2.70. The highest BCUT2D eigenvalue weighted by Gasteiger charge is 2.61. The summed E-state index contributed by atoms with van der Waals surface area (Å²) in [7, 11) is 0. The van der Waals surface area contributed by atoms with Crippen molar-refractivity contribution in [2.45, 2.75) is 182 Å². The second-order valence-electron chi connectivity index (χ2n) is 26.2. The predicted octanol–water partition coefficient (Wildman–Crippen LogP) is 10.7. The molecule has 2 N–H and O–H groups in total. The number of rotatable bonds is 22. The maximum atomic E-state index is 13.2. The third kappa shape index (κ3) is 16.8. The van der Waals surface area contributed by atoms with Gasteiger partial charge in [0.15, 0.2) is 50.3 Å². The number of hydrogen-bond acceptors (Lipinski definition) is 21. The van der Waals surface area contributed by atoms with E-state index in [1.54, 1.807) is 0 Å². The zero-order valence-electron chi connectivity index (χ0n) is 55.8. The van der Waals surface area contributed by atoms with Crippen LogP contribution in [0, 0.1) is 0 Å². The van der Waals surface area contributed by atoms with Gasteiger partial charge in [-0.25, -0.2) is 0 Å². The van der Waals surface area contributed by atoms with Gasteiger partial charge in [-0.15, -0.1) is 0 Å². The average molecular weight is 1410 g/mol. The molecule has 0 aliphatic carbocycles. The van der Waals surface area contributed by atoms with Gasteiger partial charge in [0.2, 0.25) is 0 Å². The van der Waals surface area contributed by atoms with Crippen LogP contribution in [0.25, 0.3) is 0 Å². The van der Waals surface area contributed by atoms with Gasteiger partial charge in [-0.3, -0.25) is 0 Å². The van der Waals surface area contributed by atoms with Gasteiger partial charge in [-0.1, -0.05) is 250 Å². The molecule has 0 amide bonds. The smallest absolute Gasteiger partial charge is 0.187 e. The third-order valence-corrected chi connectivity index (χ3v) is 19.5. The minimum atomic E-state index is -1.65. The van der Waals surface area contributed by atoms with Crippen molar-refractivity contribution in [3.05, 3.63) is 287 Å². The van der Waals surface area contributed by atoms with Crippen LogP contribution in [0.15, 0.2) is 243 Å². The van der Waals surface area contributed by atoms with E-state index in [9.17, 15) is 10.2 Å². The third-order valence-electron chi connectivity index (χ3n) is 19.5. The monoisotopic (exact) mass is 1410 g/mol. The first kappa shape index (κ1) is 72.9. The van der Waals surface area contributed by atoms with Gasteiger partial charge in [0, 0.05) is 32.1 Å². The second kappa shape index (κ2) is 34.5. The number of aliphatic hydroxyl groups is 2. The summed E-state index contributed by atoms with van der Waals surface area (Å²) >= 11 is 0. The fourth-order valence-corrected chi connectivity index (χ4v) is 14.4. The minimum Gasteiger partial charge on any atom is -0.385 e. The van der Waals surface area contributed by atoms with Crippen molar-refractivity contribution in [2.24, 2.45) is 0 Å². The zero-order chi connectivity index (χ0) is 67.9. The van der Waals surface area contributed by atoms with E-state index in [0.717, 1.165) is 44.5 Å². The molecule has 24 atom stereocenters. The molecule has 8 aliphatic heterocycles. The van der Waals surface area contributed by atoms with Crippen LogP contribution in [0.3, 0.4) is 0 Å². The van der Waals surface area contributed by atoms with Crippen molar-refractivity contribution in [2.75, 3.05) is 26.4 Å². The van der Waals surface area contributed by atoms with Gasteiger partial charge in [-0.2, -0.15) is 0 Å². The average Bonchev–Trinajstić information content (AvgIpc) is 0.754. The SMILES string of the molecule is C.OC1OC2COC(c3ccccc3)O[C@H]2[C@@H](OCc2ccccc2)C1O[C@@H]1OC2COC(c3ccccc3)O[C@H]2[C@@H](OCc2ccccc2)C1O[C@@H]1OC2COC(c3ccccc3)O[C@H]2[C@@H](OCc2ccccc2)C1O[C@@H]1OC2COC(c3ccccc3)O[C@H]2[C@@H](OCc2ccccc2)C1O.[2HH].[B]. The van der Waals surface area contributed by atoms with E-state index in [0.29, 0.717) is 0 Å². The molecule has 0 saturated carbocycles. The van der Waals surface area contributed by atoms with E-state index in [4.69, 9.17) is 90.0 Å². The number of ether oxygens (including phenoxy) is 19. The fraction of sp³-hybridized carbons (Fsp3) is 0.407. The Bertz CT molecular complexity index is 3830. The molecule has 8 aromatic rings. The van der Waals surface area contributed by atoms with E-state index in [1.807, 2.05) is 243 Å². The van der Waals surface area contributed by atoms with Crippen molar-refractivity contribution in [3.8, 4) is 0 Å². The van der Waals surface area contributed by atoms with Crippen LogP contribution in [-0.4, -0.2) is 168 Å². The molecule has 103 heavy (non-hydrogen) atoms. The Morgan fingerprint density at radius 2 is 0.524 bits per heavy atom. The lowest BCUT2D eigenvalue weighted by Gasteiger charge is -2.54. The first-order valence-corrected chi connectivity index (χ1v) is 34.7. The highest BCUT2D eigenvalue weighted by atomic mass is 16.8. The zero-order valence-corrected chi connectivity index (χ0v) is 55.8. The van der Waals surface area contributed by atoms with Gasteiger partial charge in [-0.05, 0) is 22.3 Å². The predicted molar refractivity (Wildman–Crippen MR) is 372 cm³/mol. The first-order chi connectivity index (χ1) is 49.9. The van der Waals surface area contributed by atoms with Crippen LogP contribution in [0.1, 0.15) is 78.5 Å². The van der Waals surface area contributed by atoms with Crippen LogP contribution in [-0.2, 0) is 116 Å². The van der Waals surface area contributed by atoms with E-state index < -0.39 is 148 Å². The lowest BCUT2D eigenvalue weighted by atomic mass is 9.94. The van der Waals surface area contributed by atoms with Crippen molar-refractivity contribution in [1.82, 2.24) is 0 Å². The van der Waals surface area contributed by atoms with Gasteiger partial charge in [0.1, 0.15) is 97.7 Å². The topological polar surface area (TPSA) is 216 Å². The van der Waals surface area contributed by atoms with Crippen LogP contribution >= 0.6 is 0 Å². The Morgan fingerprint density at radius 3 is 0.845 bits per heavy atom. The Hall–Kier alpha value is -7.02. The maximum Gasteiger partial charge on any atom is 0.187 e. The molecule has 0 bridgehead atoms. The lowest BCUT2D eigenvalue weighted by molar-refractivity contribution is -0.439. The van der Waals surface area contributed by atoms with Crippen molar-refractivity contribution >= 4 is 8.41 Å². The largest absolute Gasteiger partial charge is 0.385 e. The van der Waals surface area contributed by atoms with Crippen LogP contribution in [0.2, 0.25) is 0 Å². The summed E-state index contributed by atoms with van der Waals surface area (Å²) in [5.41, 5.74) is 6.48. The van der Waals surface area contributed by atoms with Crippen LogP contribution in [0.5, 0.6) is 0 Å². The Labute approximate surface area is 602 Å². The minimum absolute atomic E-state index is 0. The normalized spacial score (nSPS) is 34.7. The Kier molecular flexibility index (Phi) is 24.4. The van der Waals surface area contributed by atoms with Gasteiger partial charge >= 0.3 is 0 Å². The Morgan fingerprint density at radius 1 is 0.282 bits per heavy atom. The number of fused-ring (bicyclic) bond motifs is 4. The molecule has 8 heterocycles. The molecule has 3 radical (unpaired) electrons. The maximum absolute atomic E-state index is 13.2. The molecule has 22 heteroatoms. The summed E-state index contributed by atoms with van der Waals surface area (Å²) in [5.74, 6) is 0. The molecule has 8 fully saturated rings. The van der Waals surface area contributed by atoms with E-state index in [1.165, 1.54) is 0 Å². The summed E-state index contributed by atoms with van der Waals surface area (Å²) in [6.45, 7) is 0.446. The molecule has 16 rings (SSSR count). The van der Waals surface area contributed by atoms with E-state index in [-0.39, 0.29) is 70.1 Å². The summed E-state index contributed by atoms with van der Waals surface area (Å²) in [5, 5.41) is 25.7. The number of hydrogen-bond donors (Lipinski definition) is 2. The number of benzene rings is 8.